The Morgan fingerprint density at radius 2 is 1.32 bits per heavy atom. The van der Waals surface area contributed by atoms with Crippen molar-refractivity contribution in [2.45, 2.75) is 90.2 Å². The Morgan fingerprint density at radius 3 is 1.84 bits per heavy atom. The van der Waals surface area contributed by atoms with Gasteiger partial charge in [-0.05, 0) is 70.4 Å². The SMILES string of the molecule is CC(C)(C)OC(=O)N1C(=O)N[C@@H](CCCCOCc2ccccc2)[C@@H]1CCCCOCc1ccccc1. The number of rotatable bonds is 14. The van der Waals surface area contributed by atoms with E-state index in [9.17, 15) is 9.59 Å². The van der Waals surface area contributed by atoms with Crippen molar-refractivity contribution >= 4 is 12.1 Å². The Balaban J connectivity index is 1.45. The summed E-state index contributed by atoms with van der Waals surface area (Å²) in [5.74, 6) is 0. The van der Waals surface area contributed by atoms with Gasteiger partial charge in [0.2, 0.25) is 0 Å². The first-order valence-corrected chi connectivity index (χ1v) is 13.4. The summed E-state index contributed by atoms with van der Waals surface area (Å²) in [5, 5.41) is 3.03. The van der Waals surface area contributed by atoms with Gasteiger partial charge in [0.25, 0.3) is 0 Å². The minimum Gasteiger partial charge on any atom is -0.443 e. The van der Waals surface area contributed by atoms with Crippen LogP contribution in [0.4, 0.5) is 9.59 Å². The normalized spacial score (nSPS) is 17.6. The number of unbranched alkanes of at least 4 members (excludes halogenated alkanes) is 2. The smallest absolute Gasteiger partial charge is 0.418 e. The van der Waals surface area contributed by atoms with Crippen LogP contribution >= 0.6 is 0 Å². The van der Waals surface area contributed by atoms with E-state index in [2.05, 4.69) is 17.4 Å². The molecule has 0 aliphatic carbocycles. The zero-order valence-corrected chi connectivity index (χ0v) is 22.5. The number of nitrogens with one attached hydrogen (secondary N) is 1. The zero-order chi connectivity index (χ0) is 26.5. The molecule has 1 aliphatic rings. The highest BCUT2D eigenvalue weighted by molar-refractivity contribution is 5.93. The Bertz CT molecular complexity index is 945. The molecule has 37 heavy (non-hydrogen) atoms. The maximum absolute atomic E-state index is 12.9. The quantitative estimate of drug-likeness (QED) is 0.295. The zero-order valence-electron chi connectivity index (χ0n) is 22.5. The number of amides is 3. The minimum absolute atomic E-state index is 0.0978. The van der Waals surface area contributed by atoms with Gasteiger partial charge < -0.3 is 19.5 Å². The van der Waals surface area contributed by atoms with E-state index >= 15 is 0 Å². The van der Waals surface area contributed by atoms with Gasteiger partial charge in [-0.1, -0.05) is 60.7 Å². The third-order valence-electron chi connectivity index (χ3n) is 6.23. The third kappa shape index (κ3) is 10.2. The van der Waals surface area contributed by atoms with Crippen molar-refractivity contribution < 1.29 is 23.8 Å². The van der Waals surface area contributed by atoms with Crippen LogP contribution in [0.3, 0.4) is 0 Å². The largest absolute Gasteiger partial charge is 0.443 e. The molecule has 1 heterocycles. The summed E-state index contributed by atoms with van der Waals surface area (Å²) in [6, 6.07) is 19.5. The second-order valence-corrected chi connectivity index (χ2v) is 10.5. The second kappa shape index (κ2) is 14.7. The summed E-state index contributed by atoms with van der Waals surface area (Å²) in [6.45, 7) is 7.92. The van der Waals surface area contributed by atoms with E-state index in [0.717, 1.165) is 43.2 Å². The summed E-state index contributed by atoms with van der Waals surface area (Å²) in [4.78, 5) is 26.9. The van der Waals surface area contributed by atoms with Crippen LogP contribution in [0, 0.1) is 0 Å². The first-order valence-electron chi connectivity index (χ1n) is 13.4. The highest BCUT2D eigenvalue weighted by Crippen LogP contribution is 2.25. The van der Waals surface area contributed by atoms with Gasteiger partial charge in [-0.15, -0.1) is 0 Å². The molecule has 2 aromatic rings. The van der Waals surface area contributed by atoms with E-state index in [1.165, 1.54) is 4.90 Å². The van der Waals surface area contributed by atoms with Crippen LogP contribution in [0.1, 0.15) is 70.4 Å². The van der Waals surface area contributed by atoms with Gasteiger partial charge in [-0.2, -0.15) is 0 Å². The van der Waals surface area contributed by atoms with E-state index in [-0.39, 0.29) is 18.1 Å². The number of hydrogen-bond acceptors (Lipinski definition) is 5. The molecular weight excluding hydrogens is 468 g/mol. The molecule has 7 nitrogen and oxygen atoms in total. The molecule has 0 radical (unpaired) electrons. The van der Waals surface area contributed by atoms with Crippen LogP contribution in [-0.2, 0) is 27.4 Å². The third-order valence-corrected chi connectivity index (χ3v) is 6.23. The van der Waals surface area contributed by atoms with Gasteiger partial charge in [0.1, 0.15) is 5.60 Å². The van der Waals surface area contributed by atoms with Crippen molar-refractivity contribution in [3.63, 3.8) is 0 Å². The summed E-state index contributed by atoms with van der Waals surface area (Å²) in [7, 11) is 0. The fourth-order valence-electron chi connectivity index (χ4n) is 4.43. The van der Waals surface area contributed by atoms with Crippen LogP contribution in [0.25, 0.3) is 0 Å². The number of benzene rings is 2. The van der Waals surface area contributed by atoms with Gasteiger partial charge in [0, 0.05) is 13.2 Å². The fraction of sp³-hybridized carbons (Fsp3) is 0.533. The second-order valence-electron chi connectivity index (χ2n) is 10.5. The van der Waals surface area contributed by atoms with E-state index in [1.807, 2.05) is 69.3 Å². The average molecular weight is 511 g/mol. The number of urea groups is 1. The van der Waals surface area contributed by atoms with Gasteiger partial charge in [0.05, 0.1) is 25.3 Å². The highest BCUT2D eigenvalue weighted by Gasteiger charge is 2.44. The van der Waals surface area contributed by atoms with E-state index in [4.69, 9.17) is 14.2 Å². The Hall–Kier alpha value is -2.90. The topological polar surface area (TPSA) is 77.1 Å². The lowest BCUT2D eigenvalue weighted by molar-refractivity contribution is 0.0276. The van der Waals surface area contributed by atoms with Crippen molar-refractivity contribution in [1.82, 2.24) is 10.2 Å². The van der Waals surface area contributed by atoms with Crippen molar-refractivity contribution in [3.8, 4) is 0 Å². The molecule has 0 aromatic heterocycles. The average Bonchev–Trinajstić information content (AvgIpc) is 3.18. The fourth-order valence-corrected chi connectivity index (χ4v) is 4.43. The molecular formula is C30H42N2O5. The number of carbonyl (C=O) groups is 2. The van der Waals surface area contributed by atoms with Gasteiger partial charge >= 0.3 is 12.1 Å². The first kappa shape index (κ1) is 28.7. The number of ether oxygens (including phenoxy) is 3. The van der Waals surface area contributed by atoms with Crippen molar-refractivity contribution in [3.05, 3.63) is 71.8 Å². The number of carbonyl (C=O) groups excluding carboxylic acids is 2. The highest BCUT2D eigenvalue weighted by atomic mass is 16.6. The van der Waals surface area contributed by atoms with Crippen molar-refractivity contribution in [2.24, 2.45) is 0 Å². The van der Waals surface area contributed by atoms with Crippen LogP contribution in [0.2, 0.25) is 0 Å². The predicted molar refractivity (Wildman–Crippen MR) is 144 cm³/mol. The monoisotopic (exact) mass is 510 g/mol. The molecule has 7 heteroatoms. The van der Waals surface area contributed by atoms with Crippen LogP contribution in [0.15, 0.2) is 60.7 Å². The lowest BCUT2D eigenvalue weighted by Crippen LogP contribution is -2.44. The minimum atomic E-state index is -0.665. The molecule has 3 rings (SSSR count). The molecule has 0 saturated carbocycles. The molecule has 1 fully saturated rings. The summed E-state index contributed by atoms with van der Waals surface area (Å²) in [6.07, 6.45) is 4.43. The number of hydrogen-bond donors (Lipinski definition) is 1. The first-order chi connectivity index (χ1) is 17.8. The number of nitrogens with zero attached hydrogens (tertiary/aromatic N) is 1. The van der Waals surface area contributed by atoms with Gasteiger partial charge in [-0.25, -0.2) is 14.5 Å². The lowest BCUT2D eigenvalue weighted by Gasteiger charge is -2.28. The molecule has 2 aromatic carbocycles. The van der Waals surface area contributed by atoms with Crippen LogP contribution in [-0.4, -0.2) is 47.9 Å². The van der Waals surface area contributed by atoms with Crippen molar-refractivity contribution in [1.29, 1.82) is 0 Å². The Morgan fingerprint density at radius 1 is 0.811 bits per heavy atom. The maximum Gasteiger partial charge on any atom is 0.418 e. The van der Waals surface area contributed by atoms with Gasteiger partial charge in [0.15, 0.2) is 0 Å². The maximum atomic E-state index is 12.9. The molecule has 0 spiro atoms. The van der Waals surface area contributed by atoms with E-state index < -0.39 is 11.7 Å². The molecule has 0 unspecified atom stereocenters. The summed E-state index contributed by atoms with van der Waals surface area (Å²) < 4.78 is 17.1. The van der Waals surface area contributed by atoms with Crippen LogP contribution in [0.5, 0.6) is 0 Å². The number of imide groups is 1. The summed E-state index contributed by atoms with van der Waals surface area (Å²) >= 11 is 0. The summed E-state index contributed by atoms with van der Waals surface area (Å²) in [5.41, 5.74) is 1.64. The van der Waals surface area contributed by atoms with Crippen molar-refractivity contribution in [2.75, 3.05) is 13.2 Å². The Labute approximate surface area is 221 Å². The molecule has 1 N–H and O–H groups in total. The van der Waals surface area contributed by atoms with E-state index in [1.54, 1.807) is 0 Å². The lowest BCUT2D eigenvalue weighted by atomic mass is 9.98. The molecule has 1 saturated heterocycles. The predicted octanol–water partition coefficient (Wildman–Crippen LogP) is 6.46. The molecule has 1 aliphatic heterocycles. The standard InChI is InChI=1S/C30H42N2O5/c1-30(2,3)37-29(34)32-27(19-11-13-21-36-23-25-16-8-5-9-17-25)26(31-28(32)33)18-10-12-20-35-22-24-14-6-4-7-15-24/h4-9,14-17,26-27H,10-13,18-23H2,1-3H3,(H,31,33)/t26-,27-/m0/s1. The van der Waals surface area contributed by atoms with Gasteiger partial charge in [-0.3, -0.25) is 0 Å². The Kier molecular flexibility index (Phi) is 11.4. The molecule has 0 bridgehead atoms. The molecule has 2 atom stereocenters. The van der Waals surface area contributed by atoms with E-state index in [0.29, 0.717) is 32.8 Å². The molecule has 3 amide bonds. The molecule has 202 valence electrons. The van der Waals surface area contributed by atoms with Crippen LogP contribution < -0.4 is 5.32 Å².